The highest BCUT2D eigenvalue weighted by Gasteiger charge is 2.42. The molecule has 1 amide bonds. The number of halogens is 4. The highest BCUT2D eigenvalue weighted by Crippen LogP contribution is 2.46. The highest BCUT2D eigenvalue weighted by atomic mass is 35.5. The van der Waals surface area contributed by atoms with Crippen LogP contribution in [0.15, 0.2) is 36.7 Å². The first-order chi connectivity index (χ1) is 15.7. The Labute approximate surface area is 193 Å². The SMILES string of the molecule is CCc1ccc(OCn2cc(NC(=O)CCn3nc(C(F)(F)F)c(Cl)c3C3CC3)cn2)cc1. The Hall–Kier alpha value is -3.01. The van der Waals surface area contributed by atoms with Crippen LogP contribution >= 0.6 is 11.6 Å². The zero-order valence-corrected chi connectivity index (χ0v) is 18.7. The molecule has 0 radical (unpaired) electrons. The van der Waals surface area contributed by atoms with Crippen molar-refractivity contribution in [2.45, 2.75) is 58.0 Å². The summed E-state index contributed by atoms with van der Waals surface area (Å²) in [6, 6.07) is 7.74. The Morgan fingerprint density at radius 3 is 2.64 bits per heavy atom. The summed E-state index contributed by atoms with van der Waals surface area (Å²) in [4.78, 5) is 12.3. The standard InChI is InChI=1S/C22H23ClF3N5O2/c1-2-14-3-7-17(8-4-14)33-13-30-12-16(11-27-30)28-18(32)9-10-31-20(15-5-6-15)19(23)21(29-31)22(24,25)26/h3-4,7-8,11-12,15H,2,5-6,9-10,13H2,1H3,(H,28,32). The molecule has 1 aromatic carbocycles. The van der Waals surface area contributed by atoms with Gasteiger partial charge in [-0.3, -0.25) is 9.48 Å². The summed E-state index contributed by atoms with van der Waals surface area (Å²) in [6.07, 6.45) is 0.868. The number of alkyl halides is 3. The van der Waals surface area contributed by atoms with E-state index < -0.39 is 11.9 Å². The lowest BCUT2D eigenvalue weighted by molar-refractivity contribution is -0.141. The molecule has 2 aromatic heterocycles. The van der Waals surface area contributed by atoms with E-state index in [0.717, 1.165) is 19.3 Å². The molecule has 0 atom stereocenters. The maximum absolute atomic E-state index is 13.2. The van der Waals surface area contributed by atoms with Crippen LogP contribution in [-0.4, -0.2) is 25.5 Å². The number of aromatic nitrogens is 4. The second-order valence-electron chi connectivity index (χ2n) is 7.88. The molecule has 0 aliphatic heterocycles. The normalized spacial score (nSPS) is 13.8. The van der Waals surface area contributed by atoms with Gasteiger partial charge in [0.05, 0.1) is 35.3 Å². The quantitative estimate of drug-likeness (QED) is 0.452. The van der Waals surface area contributed by atoms with E-state index in [1.54, 1.807) is 6.20 Å². The van der Waals surface area contributed by atoms with Crippen LogP contribution in [0.2, 0.25) is 5.02 Å². The molecule has 0 unspecified atom stereocenters. The van der Waals surface area contributed by atoms with Crippen LogP contribution in [0.3, 0.4) is 0 Å². The number of hydrogen-bond acceptors (Lipinski definition) is 4. The Morgan fingerprint density at radius 1 is 1.27 bits per heavy atom. The van der Waals surface area contributed by atoms with Crippen molar-refractivity contribution in [3.05, 3.63) is 58.6 Å². The van der Waals surface area contributed by atoms with E-state index in [1.165, 1.54) is 21.1 Å². The largest absolute Gasteiger partial charge is 0.471 e. The van der Waals surface area contributed by atoms with Gasteiger partial charge < -0.3 is 10.1 Å². The number of aryl methyl sites for hydroxylation is 2. The Bertz CT molecular complexity index is 1120. The number of ether oxygens (including phenoxy) is 1. The number of nitrogens with one attached hydrogen (secondary N) is 1. The van der Waals surface area contributed by atoms with Gasteiger partial charge in [-0.1, -0.05) is 30.7 Å². The zero-order valence-electron chi connectivity index (χ0n) is 17.9. The summed E-state index contributed by atoms with van der Waals surface area (Å²) in [7, 11) is 0. The average Bonchev–Trinajstić information content (AvgIpc) is 3.41. The van der Waals surface area contributed by atoms with Crippen molar-refractivity contribution in [3.8, 4) is 5.75 Å². The van der Waals surface area contributed by atoms with Crippen LogP contribution in [0.4, 0.5) is 18.9 Å². The van der Waals surface area contributed by atoms with E-state index in [1.807, 2.05) is 24.3 Å². The summed E-state index contributed by atoms with van der Waals surface area (Å²) in [5.41, 5.74) is 0.926. The van der Waals surface area contributed by atoms with Crippen molar-refractivity contribution < 1.29 is 22.7 Å². The maximum atomic E-state index is 13.2. The number of carbonyl (C=O) groups excluding carboxylic acids is 1. The van der Waals surface area contributed by atoms with Gasteiger partial charge in [0, 0.05) is 12.3 Å². The van der Waals surface area contributed by atoms with Crippen molar-refractivity contribution in [3.63, 3.8) is 0 Å². The van der Waals surface area contributed by atoms with Crippen molar-refractivity contribution in [2.24, 2.45) is 0 Å². The van der Waals surface area contributed by atoms with Gasteiger partial charge in [-0.2, -0.15) is 23.4 Å². The zero-order chi connectivity index (χ0) is 23.6. The molecule has 4 rings (SSSR count). The van der Waals surface area contributed by atoms with Gasteiger partial charge in [0.1, 0.15) is 5.75 Å². The fourth-order valence-corrected chi connectivity index (χ4v) is 3.84. The fraction of sp³-hybridized carbons (Fsp3) is 0.409. The summed E-state index contributed by atoms with van der Waals surface area (Å²) in [5, 5.41) is 10.1. The number of hydrogen-bond donors (Lipinski definition) is 1. The highest BCUT2D eigenvalue weighted by molar-refractivity contribution is 6.32. The minimum absolute atomic E-state index is 0.00152. The van der Waals surface area contributed by atoms with Crippen LogP contribution < -0.4 is 10.1 Å². The predicted molar refractivity (Wildman–Crippen MR) is 116 cm³/mol. The van der Waals surface area contributed by atoms with Gasteiger partial charge in [-0.25, -0.2) is 4.68 Å². The maximum Gasteiger partial charge on any atom is 0.436 e. The third-order valence-electron chi connectivity index (χ3n) is 5.33. The average molecular weight is 482 g/mol. The van der Waals surface area contributed by atoms with E-state index in [2.05, 4.69) is 22.4 Å². The Kier molecular flexibility index (Phi) is 6.64. The van der Waals surface area contributed by atoms with Crippen LogP contribution in [-0.2, 0) is 30.7 Å². The van der Waals surface area contributed by atoms with Gasteiger partial charge in [-0.05, 0) is 37.0 Å². The smallest absolute Gasteiger partial charge is 0.436 e. The summed E-state index contributed by atoms with van der Waals surface area (Å²) >= 11 is 5.96. The molecular weight excluding hydrogens is 459 g/mol. The van der Waals surface area contributed by atoms with Gasteiger partial charge in [0.25, 0.3) is 0 Å². The van der Waals surface area contributed by atoms with Gasteiger partial charge in [0.15, 0.2) is 12.4 Å². The molecule has 3 aromatic rings. The number of carbonyl (C=O) groups is 1. The molecule has 0 saturated heterocycles. The molecule has 1 N–H and O–H groups in total. The van der Waals surface area contributed by atoms with Crippen LogP contribution in [0, 0.1) is 0 Å². The second kappa shape index (κ2) is 9.46. The molecule has 1 aliphatic carbocycles. The van der Waals surface area contributed by atoms with Crippen molar-refractivity contribution in [2.75, 3.05) is 5.32 Å². The van der Waals surface area contributed by atoms with Crippen LogP contribution in [0.25, 0.3) is 0 Å². The third kappa shape index (κ3) is 5.68. The van der Waals surface area contributed by atoms with Gasteiger partial charge >= 0.3 is 6.18 Å². The van der Waals surface area contributed by atoms with Crippen molar-refractivity contribution >= 4 is 23.2 Å². The molecule has 1 fully saturated rings. The first-order valence-corrected chi connectivity index (χ1v) is 11.0. The topological polar surface area (TPSA) is 74.0 Å². The lowest BCUT2D eigenvalue weighted by Crippen LogP contribution is -2.16. The molecule has 0 bridgehead atoms. The lowest BCUT2D eigenvalue weighted by Gasteiger charge is -2.07. The first kappa shape index (κ1) is 23.2. The Balaban J connectivity index is 1.31. The first-order valence-electron chi connectivity index (χ1n) is 10.6. The molecule has 11 heteroatoms. The summed E-state index contributed by atoms with van der Waals surface area (Å²) in [6.45, 7) is 2.24. The van der Waals surface area contributed by atoms with E-state index in [4.69, 9.17) is 16.3 Å². The van der Waals surface area contributed by atoms with E-state index >= 15 is 0 Å². The van der Waals surface area contributed by atoms with Gasteiger partial charge in [0.2, 0.25) is 5.91 Å². The van der Waals surface area contributed by atoms with E-state index in [0.29, 0.717) is 17.1 Å². The van der Waals surface area contributed by atoms with E-state index in [-0.39, 0.29) is 36.5 Å². The third-order valence-corrected chi connectivity index (χ3v) is 5.70. The molecule has 176 valence electrons. The molecule has 33 heavy (non-hydrogen) atoms. The molecule has 7 nitrogen and oxygen atoms in total. The van der Waals surface area contributed by atoms with E-state index in [9.17, 15) is 18.0 Å². The predicted octanol–water partition coefficient (Wildman–Crippen LogP) is 5.26. The van der Waals surface area contributed by atoms with Crippen molar-refractivity contribution in [1.29, 1.82) is 0 Å². The minimum atomic E-state index is -4.64. The number of benzene rings is 1. The number of amides is 1. The molecule has 2 heterocycles. The van der Waals surface area contributed by atoms with Gasteiger partial charge in [-0.15, -0.1) is 0 Å². The lowest BCUT2D eigenvalue weighted by atomic mass is 10.2. The fourth-order valence-electron chi connectivity index (χ4n) is 3.44. The van der Waals surface area contributed by atoms with Crippen LogP contribution in [0.5, 0.6) is 5.75 Å². The summed E-state index contributed by atoms with van der Waals surface area (Å²) in [5.74, 6) is 0.295. The number of rotatable bonds is 9. The molecule has 1 aliphatic rings. The molecule has 1 saturated carbocycles. The van der Waals surface area contributed by atoms with Crippen LogP contribution in [0.1, 0.15) is 49.1 Å². The Morgan fingerprint density at radius 2 is 2.00 bits per heavy atom. The summed E-state index contributed by atoms with van der Waals surface area (Å²) < 4.78 is 47.9. The number of nitrogens with zero attached hydrogens (tertiary/aromatic N) is 4. The minimum Gasteiger partial charge on any atom is -0.471 e. The monoisotopic (exact) mass is 481 g/mol. The molecule has 0 spiro atoms. The number of anilines is 1. The second-order valence-corrected chi connectivity index (χ2v) is 8.26. The van der Waals surface area contributed by atoms with Crippen molar-refractivity contribution in [1.82, 2.24) is 19.6 Å². The molecular formula is C22H23ClF3N5O2.